The van der Waals surface area contributed by atoms with E-state index in [1.165, 1.54) is 11.3 Å². The lowest BCUT2D eigenvalue weighted by atomic mass is 10.0. The monoisotopic (exact) mass is 324 g/mol. The zero-order chi connectivity index (χ0) is 16.4. The number of hydrogen-bond acceptors (Lipinski definition) is 4. The predicted octanol–water partition coefficient (Wildman–Crippen LogP) is 2.82. The van der Waals surface area contributed by atoms with E-state index < -0.39 is 0 Å². The molecule has 1 atom stereocenters. The minimum Gasteiger partial charge on any atom is -0.495 e. The number of anilines is 1. The third kappa shape index (κ3) is 2.94. The summed E-state index contributed by atoms with van der Waals surface area (Å²) in [6, 6.07) is 17.2. The molecule has 2 heterocycles. The van der Waals surface area contributed by atoms with Crippen LogP contribution in [0.4, 0.5) is 5.69 Å². The summed E-state index contributed by atoms with van der Waals surface area (Å²) < 4.78 is 11.5. The van der Waals surface area contributed by atoms with E-state index in [9.17, 15) is 0 Å². The van der Waals surface area contributed by atoms with E-state index in [0.717, 1.165) is 50.7 Å². The highest BCUT2D eigenvalue weighted by atomic mass is 16.5. The van der Waals surface area contributed by atoms with Gasteiger partial charge in [-0.3, -0.25) is 4.90 Å². The van der Waals surface area contributed by atoms with Crippen LogP contribution in [-0.4, -0.2) is 50.8 Å². The van der Waals surface area contributed by atoms with Crippen molar-refractivity contribution in [1.82, 2.24) is 4.90 Å². The van der Waals surface area contributed by atoms with Crippen LogP contribution in [0.2, 0.25) is 0 Å². The first-order chi connectivity index (χ1) is 11.8. The van der Waals surface area contributed by atoms with Crippen molar-refractivity contribution in [3.8, 4) is 11.5 Å². The van der Waals surface area contributed by atoms with Crippen LogP contribution in [0.3, 0.4) is 0 Å². The molecule has 0 bridgehead atoms. The summed E-state index contributed by atoms with van der Waals surface area (Å²) in [4.78, 5) is 4.99. The molecule has 24 heavy (non-hydrogen) atoms. The lowest BCUT2D eigenvalue weighted by Crippen LogP contribution is -2.53. The van der Waals surface area contributed by atoms with Crippen molar-refractivity contribution in [2.75, 3.05) is 44.8 Å². The summed E-state index contributed by atoms with van der Waals surface area (Å²) in [6.07, 6.45) is 1.09. The topological polar surface area (TPSA) is 24.9 Å². The fourth-order valence-electron chi connectivity index (χ4n) is 3.77. The van der Waals surface area contributed by atoms with Crippen molar-refractivity contribution >= 4 is 5.69 Å². The van der Waals surface area contributed by atoms with Gasteiger partial charge in [-0.2, -0.15) is 0 Å². The molecular formula is C20H24N2O2. The number of ether oxygens (including phenoxy) is 2. The van der Waals surface area contributed by atoms with Gasteiger partial charge in [-0.05, 0) is 30.2 Å². The highest BCUT2D eigenvalue weighted by Gasteiger charge is 2.28. The van der Waals surface area contributed by atoms with Crippen LogP contribution >= 0.6 is 0 Å². The lowest BCUT2D eigenvalue weighted by Gasteiger charge is -2.41. The first-order valence-corrected chi connectivity index (χ1v) is 8.68. The maximum Gasteiger partial charge on any atom is 0.142 e. The van der Waals surface area contributed by atoms with Crippen molar-refractivity contribution in [3.63, 3.8) is 0 Å². The number of nitrogens with zero attached hydrogens (tertiary/aromatic N) is 2. The van der Waals surface area contributed by atoms with Crippen LogP contribution in [0.5, 0.6) is 11.5 Å². The molecule has 4 nitrogen and oxygen atoms in total. The zero-order valence-electron chi connectivity index (χ0n) is 14.1. The maximum atomic E-state index is 5.96. The Morgan fingerprint density at radius 3 is 2.54 bits per heavy atom. The average molecular weight is 324 g/mol. The van der Waals surface area contributed by atoms with Gasteiger partial charge in [0, 0.05) is 32.2 Å². The van der Waals surface area contributed by atoms with Crippen molar-refractivity contribution < 1.29 is 9.47 Å². The van der Waals surface area contributed by atoms with Gasteiger partial charge in [0.2, 0.25) is 0 Å². The summed E-state index contributed by atoms with van der Waals surface area (Å²) in [6.45, 7) is 4.98. The molecule has 0 unspecified atom stereocenters. The first kappa shape index (κ1) is 15.3. The minimum atomic E-state index is 0.486. The highest BCUT2D eigenvalue weighted by Crippen LogP contribution is 2.30. The lowest BCUT2D eigenvalue weighted by molar-refractivity contribution is 0.113. The molecule has 4 heteroatoms. The van der Waals surface area contributed by atoms with Crippen LogP contribution < -0.4 is 14.4 Å². The number of para-hydroxylation sites is 3. The summed E-state index contributed by atoms with van der Waals surface area (Å²) >= 11 is 0. The third-order valence-electron chi connectivity index (χ3n) is 5.12. The maximum absolute atomic E-state index is 5.96. The Labute approximate surface area is 143 Å². The molecule has 2 aromatic carbocycles. The minimum absolute atomic E-state index is 0.486. The van der Waals surface area contributed by atoms with Crippen LogP contribution in [0.15, 0.2) is 48.5 Å². The number of rotatable bonds is 3. The van der Waals surface area contributed by atoms with E-state index in [4.69, 9.17) is 9.47 Å². The second-order valence-corrected chi connectivity index (χ2v) is 6.47. The number of piperazine rings is 1. The molecule has 2 aliphatic rings. The van der Waals surface area contributed by atoms with Crippen LogP contribution in [0.1, 0.15) is 5.56 Å². The van der Waals surface area contributed by atoms with Crippen molar-refractivity contribution in [1.29, 1.82) is 0 Å². The molecule has 2 aliphatic heterocycles. The molecule has 0 radical (unpaired) electrons. The van der Waals surface area contributed by atoms with E-state index in [2.05, 4.69) is 40.1 Å². The van der Waals surface area contributed by atoms with Gasteiger partial charge < -0.3 is 14.4 Å². The zero-order valence-corrected chi connectivity index (χ0v) is 14.1. The molecule has 0 spiro atoms. The van der Waals surface area contributed by atoms with Gasteiger partial charge in [0.1, 0.15) is 18.1 Å². The van der Waals surface area contributed by atoms with E-state index in [1.807, 2.05) is 18.2 Å². The fourth-order valence-corrected chi connectivity index (χ4v) is 3.77. The van der Waals surface area contributed by atoms with Crippen LogP contribution in [-0.2, 0) is 6.42 Å². The van der Waals surface area contributed by atoms with Crippen molar-refractivity contribution in [3.05, 3.63) is 54.1 Å². The van der Waals surface area contributed by atoms with E-state index in [-0.39, 0.29) is 0 Å². The molecule has 0 N–H and O–H groups in total. The Hall–Kier alpha value is -2.20. The first-order valence-electron chi connectivity index (χ1n) is 8.68. The quantitative estimate of drug-likeness (QED) is 0.867. The van der Waals surface area contributed by atoms with Gasteiger partial charge in [0.05, 0.1) is 12.8 Å². The standard InChI is InChI=1S/C20H24N2O2/c1-23-20-9-5-3-7-18(20)22-12-10-21(11-13-22)17-14-16-6-2-4-8-19(16)24-15-17/h2-9,17H,10-15H2,1H3/t17-/m1/s1. The number of hydrogen-bond donors (Lipinski definition) is 0. The smallest absolute Gasteiger partial charge is 0.142 e. The van der Waals surface area contributed by atoms with Gasteiger partial charge in [0.15, 0.2) is 0 Å². The highest BCUT2D eigenvalue weighted by molar-refractivity contribution is 5.58. The van der Waals surface area contributed by atoms with Gasteiger partial charge in [-0.15, -0.1) is 0 Å². The molecule has 0 amide bonds. The van der Waals surface area contributed by atoms with Gasteiger partial charge in [-0.1, -0.05) is 30.3 Å². The summed E-state index contributed by atoms with van der Waals surface area (Å²) in [5.74, 6) is 2.02. The molecule has 1 fully saturated rings. The molecule has 0 saturated carbocycles. The molecule has 2 aromatic rings. The van der Waals surface area contributed by atoms with E-state index >= 15 is 0 Å². The van der Waals surface area contributed by atoms with Crippen LogP contribution in [0.25, 0.3) is 0 Å². The SMILES string of the molecule is COc1ccccc1N1CCN([C@H]2COc3ccccc3C2)CC1. The molecule has 1 saturated heterocycles. The summed E-state index contributed by atoms with van der Waals surface area (Å²) in [5.41, 5.74) is 2.53. The van der Waals surface area contributed by atoms with Gasteiger partial charge in [-0.25, -0.2) is 0 Å². The Morgan fingerprint density at radius 1 is 0.958 bits per heavy atom. The second kappa shape index (κ2) is 6.73. The second-order valence-electron chi connectivity index (χ2n) is 6.47. The summed E-state index contributed by atoms with van der Waals surface area (Å²) in [5, 5.41) is 0. The number of benzene rings is 2. The van der Waals surface area contributed by atoms with Crippen molar-refractivity contribution in [2.45, 2.75) is 12.5 Å². The number of fused-ring (bicyclic) bond motifs is 1. The average Bonchev–Trinajstić information content (AvgIpc) is 2.67. The third-order valence-corrected chi connectivity index (χ3v) is 5.12. The van der Waals surface area contributed by atoms with E-state index in [0.29, 0.717) is 6.04 Å². The van der Waals surface area contributed by atoms with Crippen LogP contribution in [0, 0.1) is 0 Å². The number of methoxy groups -OCH3 is 1. The van der Waals surface area contributed by atoms with Crippen molar-refractivity contribution in [2.24, 2.45) is 0 Å². The largest absolute Gasteiger partial charge is 0.495 e. The Balaban J connectivity index is 1.40. The predicted molar refractivity (Wildman–Crippen MR) is 96.2 cm³/mol. The Kier molecular flexibility index (Phi) is 4.30. The molecule has 0 aliphatic carbocycles. The molecule has 126 valence electrons. The van der Waals surface area contributed by atoms with Gasteiger partial charge in [0.25, 0.3) is 0 Å². The van der Waals surface area contributed by atoms with Gasteiger partial charge >= 0.3 is 0 Å². The Morgan fingerprint density at radius 2 is 1.71 bits per heavy atom. The molecule has 0 aromatic heterocycles. The molecular weight excluding hydrogens is 300 g/mol. The fraction of sp³-hybridized carbons (Fsp3) is 0.400. The summed E-state index contributed by atoms with van der Waals surface area (Å²) in [7, 11) is 1.74. The van der Waals surface area contributed by atoms with E-state index in [1.54, 1.807) is 7.11 Å². The molecule has 4 rings (SSSR count). The Bertz CT molecular complexity index is 696. The normalized spacial score (nSPS) is 21.0.